The Hall–Kier alpha value is -1.79. The summed E-state index contributed by atoms with van der Waals surface area (Å²) in [4.78, 5) is 17.0. The lowest BCUT2D eigenvalue weighted by Gasteiger charge is -2.19. The molecule has 0 aliphatic carbocycles. The number of fused-ring (bicyclic) bond motifs is 1. The van der Waals surface area contributed by atoms with Crippen molar-refractivity contribution in [2.75, 3.05) is 39.5 Å². The Labute approximate surface area is 155 Å². The summed E-state index contributed by atoms with van der Waals surface area (Å²) < 4.78 is 10.8. The highest BCUT2D eigenvalue weighted by Crippen LogP contribution is 2.33. The van der Waals surface area contributed by atoms with Crippen molar-refractivity contribution >= 4 is 5.91 Å². The molecule has 0 aromatic heterocycles. The molecule has 0 bridgehead atoms. The number of nitrogens with zero attached hydrogens (tertiary/aromatic N) is 2. The van der Waals surface area contributed by atoms with Crippen LogP contribution in [0.1, 0.15) is 37.7 Å². The first-order valence-corrected chi connectivity index (χ1v) is 9.92. The number of likely N-dealkylation sites (tertiary alicyclic amines) is 1. The zero-order valence-electron chi connectivity index (χ0n) is 15.4. The quantitative estimate of drug-likeness (QED) is 0.596. The molecule has 1 aromatic rings. The Morgan fingerprint density at radius 2 is 1.92 bits per heavy atom. The van der Waals surface area contributed by atoms with E-state index in [1.807, 2.05) is 18.2 Å². The van der Waals surface area contributed by atoms with E-state index >= 15 is 0 Å². The van der Waals surface area contributed by atoms with Crippen LogP contribution in [-0.4, -0.2) is 61.3 Å². The molecule has 26 heavy (non-hydrogen) atoms. The molecular formula is C20H29N3O3. The van der Waals surface area contributed by atoms with Gasteiger partial charge in [0.1, 0.15) is 6.04 Å². The summed E-state index contributed by atoms with van der Waals surface area (Å²) in [5.41, 5.74) is 1.16. The lowest BCUT2D eigenvalue weighted by atomic mass is 10.2. The van der Waals surface area contributed by atoms with Gasteiger partial charge in [-0.15, -0.1) is 0 Å². The molecule has 0 radical (unpaired) electrons. The van der Waals surface area contributed by atoms with Crippen LogP contribution in [0.15, 0.2) is 18.2 Å². The molecule has 2 unspecified atom stereocenters. The van der Waals surface area contributed by atoms with E-state index in [1.54, 1.807) is 0 Å². The second kappa shape index (κ2) is 8.27. The molecule has 1 aromatic carbocycles. The Morgan fingerprint density at radius 3 is 2.77 bits per heavy atom. The Balaban J connectivity index is 1.14. The first-order chi connectivity index (χ1) is 12.8. The molecule has 2 atom stereocenters. The molecule has 3 heterocycles. The topological polar surface area (TPSA) is 53.8 Å². The SMILES string of the molecule is O=C(NCCCN1CCCCCC1)C1CN1Cc1ccc2c(c1)OCO2. The fraction of sp³-hybridized carbons (Fsp3) is 0.650. The molecular weight excluding hydrogens is 330 g/mol. The molecule has 0 saturated carbocycles. The van der Waals surface area contributed by atoms with Gasteiger partial charge in [-0.25, -0.2) is 0 Å². The Kier molecular flexibility index (Phi) is 5.60. The molecule has 3 aliphatic heterocycles. The van der Waals surface area contributed by atoms with Gasteiger partial charge in [-0.3, -0.25) is 9.69 Å². The normalized spacial score (nSPS) is 24.9. The molecule has 3 aliphatic rings. The van der Waals surface area contributed by atoms with Gasteiger partial charge in [0, 0.05) is 19.6 Å². The standard InChI is InChI=1S/C20H29N3O3/c24-20(21-8-5-11-22-9-3-1-2-4-10-22)17-14-23(17)13-16-6-7-18-19(12-16)26-15-25-18/h6-7,12,17H,1-5,8-11,13-15H2,(H,21,24). The van der Waals surface area contributed by atoms with Crippen molar-refractivity contribution in [2.45, 2.75) is 44.7 Å². The first kappa shape index (κ1) is 17.6. The second-order valence-electron chi connectivity index (χ2n) is 7.53. The number of hydrogen-bond acceptors (Lipinski definition) is 5. The van der Waals surface area contributed by atoms with Crippen LogP contribution in [0.25, 0.3) is 0 Å². The minimum Gasteiger partial charge on any atom is -0.454 e. The summed E-state index contributed by atoms with van der Waals surface area (Å²) in [7, 11) is 0. The Morgan fingerprint density at radius 1 is 1.12 bits per heavy atom. The number of rotatable bonds is 7. The number of ether oxygens (including phenoxy) is 2. The maximum atomic E-state index is 12.3. The van der Waals surface area contributed by atoms with Crippen LogP contribution < -0.4 is 14.8 Å². The van der Waals surface area contributed by atoms with Crippen LogP contribution in [0, 0.1) is 0 Å². The van der Waals surface area contributed by atoms with E-state index in [-0.39, 0.29) is 11.9 Å². The maximum Gasteiger partial charge on any atom is 0.238 e. The van der Waals surface area contributed by atoms with Crippen LogP contribution in [0.4, 0.5) is 0 Å². The molecule has 2 saturated heterocycles. The summed E-state index contributed by atoms with van der Waals surface area (Å²) >= 11 is 0. The predicted molar refractivity (Wildman–Crippen MR) is 99.3 cm³/mol. The van der Waals surface area contributed by atoms with E-state index in [9.17, 15) is 4.79 Å². The third-order valence-electron chi connectivity index (χ3n) is 5.49. The van der Waals surface area contributed by atoms with Crippen molar-refractivity contribution in [1.29, 1.82) is 0 Å². The van der Waals surface area contributed by atoms with Crippen molar-refractivity contribution in [3.8, 4) is 11.5 Å². The van der Waals surface area contributed by atoms with E-state index in [1.165, 1.54) is 38.8 Å². The molecule has 4 rings (SSSR count). The van der Waals surface area contributed by atoms with Gasteiger partial charge in [-0.05, 0) is 56.6 Å². The monoisotopic (exact) mass is 359 g/mol. The summed E-state index contributed by atoms with van der Waals surface area (Å²) in [6.07, 6.45) is 6.43. The van der Waals surface area contributed by atoms with Crippen molar-refractivity contribution in [3.63, 3.8) is 0 Å². The molecule has 6 heteroatoms. The van der Waals surface area contributed by atoms with Crippen molar-refractivity contribution in [3.05, 3.63) is 23.8 Å². The van der Waals surface area contributed by atoms with Crippen LogP contribution in [0.5, 0.6) is 11.5 Å². The predicted octanol–water partition coefficient (Wildman–Crippen LogP) is 1.98. The number of amides is 1. The van der Waals surface area contributed by atoms with E-state index in [0.29, 0.717) is 6.79 Å². The van der Waals surface area contributed by atoms with E-state index in [2.05, 4.69) is 15.1 Å². The minimum absolute atomic E-state index is 0.0265. The number of benzene rings is 1. The summed E-state index contributed by atoms with van der Waals surface area (Å²) in [5, 5.41) is 3.11. The molecule has 0 spiro atoms. The average Bonchev–Trinajstić information content (AvgIpc) is 3.33. The highest BCUT2D eigenvalue weighted by Gasteiger charge is 2.40. The van der Waals surface area contributed by atoms with Crippen molar-refractivity contribution in [1.82, 2.24) is 15.1 Å². The average molecular weight is 359 g/mol. The zero-order valence-corrected chi connectivity index (χ0v) is 15.4. The van der Waals surface area contributed by atoms with Gasteiger partial charge < -0.3 is 19.7 Å². The van der Waals surface area contributed by atoms with Crippen LogP contribution in [0.2, 0.25) is 0 Å². The van der Waals surface area contributed by atoms with Crippen LogP contribution in [0.3, 0.4) is 0 Å². The molecule has 1 N–H and O–H groups in total. The minimum atomic E-state index is 0.0265. The summed E-state index contributed by atoms with van der Waals surface area (Å²) in [6, 6.07) is 6.02. The molecule has 6 nitrogen and oxygen atoms in total. The zero-order chi connectivity index (χ0) is 17.8. The maximum absolute atomic E-state index is 12.3. The summed E-state index contributed by atoms with van der Waals surface area (Å²) in [5.74, 6) is 1.78. The van der Waals surface area contributed by atoms with Gasteiger partial charge in [-0.2, -0.15) is 0 Å². The van der Waals surface area contributed by atoms with Gasteiger partial charge in [-0.1, -0.05) is 18.9 Å². The van der Waals surface area contributed by atoms with Gasteiger partial charge in [0.05, 0.1) is 0 Å². The smallest absolute Gasteiger partial charge is 0.238 e. The first-order valence-electron chi connectivity index (χ1n) is 9.92. The van der Waals surface area contributed by atoms with Crippen LogP contribution in [-0.2, 0) is 11.3 Å². The molecule has 2 fully saturated rings. The third kappa shape index (κ3) is 4.48. The van der Waals surface area contributed by atoms with E-state index < -0.39 is 0 Å². The van der Waals surface area contributed by atoms with E-state index in [0.717, 1.165) is 49.7 Å². The number of carbonyl (C=O) groups is 1. The van der Waals surface area contributed by atoms with Gasteiger partial charge in [0.25, 0.3) is 0 Å². The highest BCUT2D eigenvalue weighted by atomic mass is 16.7. The lowest BCUT2D eigenvalue weighted by molar-refractivity contribution is -0.121. The summed E-state index contributed by atoms with van der Waals surface area (Å²) in [6.45, 7) is 6.25. The molecule has 1 amide bonds. The van der Waals surface area contributed by atoms with Gasteiger partial charge in [0.2, 0.25) is 12.7 Å². The largest absolute Gasteiger partial charge is 0.454 e. The van der Waals surface area contributed by atoms with Crippen molar-refractivity contribution < 1.29 is 14.3 Å². The lowest BCUT2D eigenvalue weighted by Crippen LogP contribution is -2.33. The number of nitrogens with one attached hydrogen (secondary N) is 1. The fourth-order valence-corrected chi connectivity index (χ4v) is 3.86. The highest BCUT2D eigenvalue weighted by molar-refractivity contribution is 5.84. The molecule has 142 valence electrons. The number of carbonyl (C=O) groups excluding carboxylic acids is 1. The number of hydrogen-bond donors (Lipinski definition) is 1. The Bertz CT molecular complexity index is 629. The fourth-order valence-electron chi connectivity index (χ4n) is 3.86. The van der Waals surface area contributed by atoms with Crippen LogP contribution >= 0.6 is 0 Å². The van der Waals surface area contributed by atoms with Crippen molar-refractivity contribution in [2.24, 2.45) is 0 Å². The van der Waals surface area contributed by atoms with Gasteiger partial charge >= 0.3 is 0 Å². The van der Waals surface area contributed by atoms with Gasteiger partial charge in [0.15, 0.2) is 11.5 Å². The third-order valence-corrected chi connectivity index (χ3v) is 5.49. The van der Waals surface area contributed by atoms with E-state index in [4.69, 9.17) is 9.47 Å². The second-order valence-corrected chi connectivity index (χ2v) is 7.53.